The molecule has 37 heavy (non-hydrogen) atoms. The third-order valence-electron chi connectivity index (χ3n) is 5.43. The quantitative estimate of drug-likeness (QED) is 0.237. The number of halogens is 2. The molecule has 0 bridgehead atoms. The Morgan fingerprint density at radius 1 is 0.973 bits per heavy atom. The smallest absolute Gasteiger partial charge is 0.229 e. The Kier molecular flexibility index (Phi) is 9.19. The minimum atomic E-state index is -0.559. The van der Waals surface area contributed by atoms with Gasteiger partial charge in [0.25, 0.3) is 0 Å². The van der Waals surface area contributed by atoms with Gasteiger partial charge in [-0.3, -0.25) is 0 Å². The van der Waals surface area contributed by atoms with Crippen LogP contribution >= 0.6 is 23.2 Å². The van der Waals surface area contributed by atoms with Crippen molar-refractivity contribution >= 4 is 46.3 Å². The second-order valence-electron chi connectivity index (χ2n) is 8.78. The van der Waals surface area contributed by atoms with Gasteiger partial charge in [0.15, 0.2) is 0 Å². The second-order valence-corrected chi connectivity index (χ2v) is 9.63. The number of benzene rings is 3. The summed E-state index contributed by atoms with van der Waals surface area (Å²) in [5.41, 5.74) is 2.65. The molecular formula is C28H29Cl2N5O2. The Morgan fingerprint density at radius 2 is 1.73 bits per heavy atom. The maximum absolute atomic E-state index is 9.99. The fraction of sp³-hybridized carbons (Fsp3) is 0.214. The zero-order valence-corrected chi connectivity index (χ0v) is 22.2. The van der Waals surface area contributed by atoms with Gasteiger partial charge in [-0.05, 0) is 68.2 Å². The van der Waals surface area contributed by atoms with Gasteiger partial charge >= 0.3 is 0 Å². The van der Waals surface area contributed by atoms with E-state index in [4.69, 9.17) is 32.9 Å². The third kappa shape index (κ3) is 7.81. The fourth-order valence-electron chi connectivity index (χ4n) is 3.74. The first-order valence-electron chi connectivity index (χ1n) is 11.8. The number of rotatable bonds is 11. The first-order valence-corrected chi connectivity index (χ1v) is 12.6. The molecule has 7 nitrogen and oxygen atoms in total. The number of aliphatic hydroxyl groups excluding tert-OH is 1. The molecule has 0 saturated carbocycles. The lowest BCUT2D eigenvalue weighted by Gasteiger charge is -2.25. The number of nitrogens with zero attached hydrogens (tertiary/aromatic N) is 4. The number of hydrogen-bond donors (Lipinski definition) is 2. The molecule has 0 fully saturated rings. The van der Waals surface area contributed by atoms with Crippen molar-refractivity contribution in [1.29, 1.82) is 0 Å². The molecule has 1 atom stereocenters. The third-order valence-corrected chi connectivity index (χ3v) is 5.98. The van der Waals surface area contributed by atoms with E-state index in [9.17, 15) is 5.11 Å². The summed E-state index contributed by atoms with van der Waals surface area (Å²) in [6.45, 7) is 1.30. The topological polar surface area (TPSA) is 73.8 Å². The van der Waals surface area contributed by atoms with E-state index in [2.05, 4.69) is 22.4 Å². The molecule has 1 unspecified atom stereocenters. The molecule has 9 heteroatoms. The van der Waals surface area contributed by atoms with Gasteiger partial charge < -0.3 is 25.0 Å². The van der Waals surface area contributed by atoms with Gasteiger partial charge in [-0.15, -0.1) is 0 Å². The first-order chi connectivity index (χ1) is 17.9. The van der Waals surface area contributed by atoms with Gasteiger partial charge in [-0.2, -0.15) is 4.98 Å². The number of aliphatic hydroxyl groups is 1. The van der Waals surface area contributed by atoms with Crippen molar-refractivity contribution in [3.05, 3.63) is 101 Å². The van der Waals surface area contributed by atoms with Crippen LogP contribution in [0.25, 0.3) is 0 Å². The number of likely N-dealkylation sites (N-methyl/N-ethyl adjacent to an activating group) is 1. The van der Waals surface area contributed by atoms with Gasteiger partial charge in [-0.25, -0.2) is 4.98 Å². The van der Waals surface area contributed by atoms with Gasteiger partial charge in [0.1, 0.15) is 24.3 Å². The molecule has 1 heterocycles. The number of hydrogen-bond acceptors (Lipinski definition) is 7. The van der Waals surface area contributed by atoms with Gasteiger partial charge in [-0.1, -0.05) is 53.5 Å². The van der Waals surface area contributed by atoms with Gasteiger partial charge in [0, 0.05) is 30.0 Å². The van der Waals surface area contributed by atoms with Crippen LogP contribution in [0, 0.1) is 0 Å². The summed E-state index contributed by atoms with van der Waals surface area (Å²) in [4.78, 5) is 13.1. The van der Waals surface area contributed by atoms with Gasteiger partial charge in [0.2, 0.25) is 5.95 Å². The highest BCUT2D eigenvalue weighted by atomic mass is 35.5. The van der Waals surface area contributed by atoms with E-state index in [0.29, 0.717) is 40.7 Å². The Morgan fingerprint density at radius 3 is 2.46 bits per heavy atom. The van der Waals surface area contributed by atoms with Crippen LogP contribution in [0.2, 0.25) is 10.0 Å². The molecule has 4 aromatic rings. The van der Waals surface area contributed by atoms with Crippen LogP contribution in [-0.2, 0) is 6.54 Å². The lowest BCUT2D eigenvalue weighted by atomic mass is 10.2. The molecule has 2 N–H and O–H groups in total. The van der Waals surface area contributed by atoms with E-state index in [1.54, 1.807) is 18.3 Å². The Balaban J connectivity index is 1.52. The number of anilines is 4. The minimum absolute atomic E-state index is 0.222. The molecule has 4 rings (SSSR count). The van der Waals surface area contributed by atoms with Crippen LogP contribution in [0.1, 0.15) is 5.56 Å². The largest absolute Gasteiger partial charge is 0.491 e. The highest BCUT2D eigenvalue weighted by Gasteiger charge is 2.16. The first kappa shape index (κ1) is 26.7. The Bertz CT molecular complexity index is 1290. The van der Waals surface area contributed by atoms with Crippen molar-refractivity contribution in [2.75, 3.05) is 37.5 Å². The normalized spacial score (nSPS) is 11.8. The fourth-order valence-corrected chi connectivity index (χ4v) is 4.12. The predicted molar refractivity (Wildman–Crippen MR) is 151 cm³/mol. The van der Waals surface area contributed by atoms with Crippen molar-refractivity contribution in [2.24, 2.45) is 0 Å². The summed E-state index contributed by atoms with van der Waals surface area (Å²) in [5, 5.41) is 14.4. The molecule has 1 aromatic heterocycles. The van der Waals surface area contributed by atoms with Crippen LogP contribution < -0.4 is 15.0 Å². The van der Waals surface area contributed by atoms with Crippen LogP contribution in [-0.4, -0.2) is 53.3 Å². The molecule has 192 valence electrons. The standard InChI is InChI=1S/C28H29Cl2N5O2/c1-34(2)18-23(36)19-37-24-11-9-22(10-12-24)32-28-31-15-14-27(33-28)35(17-20-6-4-3-5-7-20)26-16-21(29)8-13-25(26)30/h3-16,23,36H,17-19H2,1-2H3,(H,31,32,33). The Hall–Kier alpha value is -3.36. The van der Waals surface area contributed by atoms with Crippen LogP contribution in [0.5, 0.6) is 5.75 Å². The lowest BCUT2D eigenvalue weighted by molar-refractivity contribution is 0.0831. The number of aromatic nitrogens is 2. The monoisotopic (exact) mass is 537 g/mol. The van der Waals surface area contributed by atoms with E-state index in [1.165, 1.54) is 0 Å². The van der Waals surface area contributed by atoms with Crippen LogP contribution in [0.15, 0.2) is 85.1 Å². The van der Waals surface area contributed by atoms with Crippen LogP contribution in [0.3, 0.4) is 0 Å². The molecule has 0 aliphatic carbocycles. The van der Waals surface area contributed by atoms with Crippen LogP contribution in [0.4, 0.5) is 23.1 Å². The van der Waals surface area contributed by atoms with E-state index >= 15 is 0 Å². The highest BCUT2D eigenvalue weighted by molar-refractivity contribution is 6.35. The summed E-state index contributed by atoms with van der Waals surface area (Å²) in [6, 6.07) is 24.7. The molecule has 0 aliphatic rings. The zero-order valence-electron chi connectivity index (χ0n) is 20.7. The maximum atomic E-state index is 9.99. The zero-order chi connectivity index (χ0) is 26.2. The molecule has 0 aliphatic heterocycles. The lowest BCUT2D eigenvalue weighted by Crippen LogP contribution is -2.30. The molecule has 0 radical (unpaired) electrons. The molecular weight excluding hydrogens is 509 g/mol. The average Bonchev–Trinajstić information content (AvgIpc) is 2.89. The summed E-state index contributed by atoms with van der Waals surface area (Å²) in [7, 11) is 3.82. The maximum Gasteiger partial charge on any atom is 0.229 e. The van der Waals surface area contributed by atoms with Crippen molar-refractivity contribution in [1.82, 2.24) is 14.9 Å². The highest BCUT2D eigenvalue weighted by Crippen LogP contribution is 2.35. The number of nitrogens with one attached hydrogen (secondary N) is 1. The average molecular weight is 538 g/mol. The van der Waals surface area contributed by atoms with E-state index in [0.717, 1.165) is 16.9 Å². The van der Waals surface area contributed by atoms with E-state index in [-0.39, 0.29) is 6.61 Å². The second kappa shape index (κ2) is 12.7. The summed E-state index contributed by atoms with van der Waals surface area (Å²) < 4.78 is 5.69. The SMILES string of the molecule is CN(C)CC(O)COc1ccc(Nc2nccc(N(Cc3ccccc3)c3cc(Cl)ccc3Cl)n2)cc1. The van der Waals surface area contributed by atoms with Crippen molar-refractivity contribution < 1.29 is 9.84 Å². The van der Waals surface area contributed by atoms with E-state index < -0.39 is 6.10 Å². The minimum Gasteiger partial charge on any atom is -0.491 e. The van der Waals surface area contributed by atoms with Crippen molar-refractivity contribution in [2.45, 2.75) is 12.6 Å². The number of ether oxygens (including phenoxy) is 1. The Labute approximate surface area is 227 Å². The summed E-state index contributed by atoms with van der Waals surface area (Å²) >= 11 is 12.9. The summed E-state index contributed by atoms with van der Waals surface area (Å²) in [6.07, 6.45) is 1.14. The molecule has 3 aromatic carbocycles. The predicted octanol–water partition coefficient (Wildman–Crippen LogP) is 6.17. The molecule has 0 spiro atoms. The van der Waals surface area contributed by atoms with Crippen molar-refractivity contribution in [3.63, 3.8) is 0 Å². The van der Waals surface area contributed by atoms with E-state index in [1.807, 2.05) is 78.5 Å². The van der Waals surface area contributed by atoms with Gasteiger partial charge in [0.05, 0.1) is 10.7 Å². The van der Waals surface area contributed by atoms with Crippen molar-refractivity contribution in [3.8, 4) is 5.75 Å². The molecule has 0 saturated heterocycles. The summed E-state index contributed by atoms with van der Waals surface area (Å²) in [5.74, 6) is 1.77. The molecule has 0 amide bonds.